The number of halogens is 1. The van der Waals surface area contributed by atoms with E-state index in [4.69, 9.17) is 11.5 Å². The largest absolute Gasteiger partial charge is 1.00 e. The van der Waals surface area contributed by atoms with Gasteiger partial charge in [0.15, 0.2) is 0 Å². The number of rotatable bonds is 4. The second-order valence-corrected chi connectivity index (χ2v) is 2.47. The summed E-state index contributed by atoms with van der Waals surface area (Å²) in [5.74, 6) is 0. The second-order valence-electron chi connectivity index (χ2n) is 2.47. The lowest BCUT2D eigenvalue weighted by atomic mass is 10.6. The first-order valence-corrected chi connectivity index (χ1v) is 3.82. The third kappa shape index (κ3) is 3.34. The monoisotopic (exact) mass is 234 g/mol. The van der Waals surface area contributed by atoms with Gasteiger partial charge in [-0.3, -0.25) is 0 Å². The van der Waals surface area contributed by atoms with Gasteiger partial charge in [-0.05, 0) is 0 Å². The molecule has 0 fully saturated rings. The van der Waals surface area contributed by atoms with Crippen LogP contribution in [0.5, 0.6) is 0 Å². The Morgan fingerprint density at radius 2 is 2.00 bits per heavy atom. The molecule has 0 aliphatic heterocycles. The molecule has 5 heteroatoms. The van der Waals surface area contributed by atoms with Gasteiger partial charge in [0.1, 0.15) is 25.5 Å². The first-order chi connectivity index (χ1) is 5.36. The van der Waals surface area contributed by atoms with E-state index in [1.54, 1.807) is 0 Å². The second kappa shape index (κ2) is 6.16. The quantitative estimate of drug-likeness (QED) is 0.519. The minimum Gasteiger partial charge on any atom is -1.00 e. The van der Waals surface area contributed by atoms with E-state index < -0.39 is 0 Å². The molecule has 0 bridgehead atoms. The minimum absolute atomic E-state index is 0. The summed E-state index contributed by atoms with van der Waals surface area (Å²) < 4.78 is 4.10. The Labute approximate surface area is 82.9 Å². The highest BCUT2D eigenvalue weighted by Crippen LogP contribution is 1.81. The summed E-state index contributed by atoms with van der Waals surface area (Å²) in [6.45, 7) is 3.10. The van der Waals surface area contributed by atoms with Crippen molar-refractivity contribution < 1.29 is 21.5 Å². The van der Waals surface area contributed by atoms with Crippen molar-refractivity contribution in [3.63, 3.8) is 0 Å². The zero-order valence-electron chi connectivity index (χ0n) is 6.99. The van der Waals surface area contributed by atoms with E-state index in [1.165, 1.54) is 0 Å². The Morgan fingerprint density at radius 3 is 2.58 bits per heavy atom. The first kappa shape index (κ1) is 11.6. The van der Waals surface area contributed by atoms with Gasteiger partial charge in [-0.2, -0.15) is 0 Å². The van der Waals surface area contributed by atoms with Crippen molar-refractivity contribution in [2.24, 2.45) is 11.5 Å². The molecule has 0 saturated carbocycles. The third-order valence-corrected chi connectivity index (χ3v) is 1.52. The molecule has 70 valence electrons. The van der Waals surface area contributed by atoms with Crippen molar-refractivity contribution in [1.82, 2.24) is 4.57 Å². The summed E-state index contributed by atoms with van der Waals surface area (Å²) >= 11 is 0. The average molecular weight is 235 g/mol. The predicted octanol–water partition coefficient (Wildman–Crippen LogP) is -4.30. The Kier molecular flexibility index (Phi) is 5.96. The van der Waals surface area contributed by atoms with Crippen molar-refractivity contribution in [1.29, 1.82) is 0 Å². The molecule has 1 heterocycles. The number of nitrogens with two attached hydrogens (primary N) is 2. The Bertz CT molecular complexity index is 190. The van der Waals surface area contributed by atoms with Crippen LogP contribution in [0.15, 0.2) is 18.7 Å². The number of hydrogen-bond donors (Lipinski definition) is 2. The molecule has 0 atom stereocenters. The molecule has 1 rings (SSSR count). The standard InChI is InChI=1S/C7H15N4.BrH/c8-1-3-10-5-6-11(7-10)4-2-9;/h5-7H,1-4,8-9H2;1H/q+1;/p-1. The number of hydrogen-bond acceptors (Lipinski definition) is 2. The smallest absolute Gasteiger partial charge is 0.243 e. The molecule has 12 heavy (non-hydrogen) atoms. The van der Waals surface area contributed by atoms with Crippen LogP contribution in [0, 0.1) is 0 Å². The van der Waals surface area contributed by atoms with E-state index in [0.29, 0.717) is 13.1 Å². The van der Waals surface area contributed by atoms with Gasteiger partial charge < -0.3 is 28.4 Å². The van der Waals surface area contributed by atoms with Gasteiger partial charge in [0, 0.05) is 13.1 Å². The molecular formula is C7H15BrN4. The molecule has 0 aliphatic carbocycles. The molecule has 0 aromatic carbocycles. The topological polar surface area (TPSA) is 60.8 Å². The van der Waals surface area contributed by atoms with Gasteiger partial charge >= 0.3 is 0 Å². The molecule has 1 aromatic rings. The number of aromatic nitrogens is 2. The van der Waals surface area contributed by atoms with E-state index >= 15 is 0 Å². The Morgan fingerprint density at radius 1 is 1.25 bits per heavy atom. The highest BCUT2D eigenvalue weighted by atomic mass is 79.9. The predicted molar refractivity (Wildman–Crippen MR) is 42.7 cm³/mol. The van der Waals surface area contributed by atoms with Crippen LogP contribution in [0.1, 0.15) is 0 Å². The zero-order valence-corrected chi connectivity index (χ0v) is 8.57. The molecule has 1 aromatic heterocycles. The third-order valence-electron chi connectivity index (χ3n) is 1.52. The fourth-order valence-electron chi connectivity index (χ4n) is 1.00. The first-order valence-electron chi connectivity index (χ1n) is 3.82. The van der Waals surface area contributed by atoms with Crippen LogP contribution < -0.4 is 33.0 Å². The van der Waals surface area contributed by atoms with E-state index in [1.807, 2.05) is 18.7 Å². The van der Waals surface area contributed by atoms with Crippen LogP contribution >= 0.6 is 0 Å². The van der Waals surface area contributed by atoms with E-state index in [9.17, 15) is 0 Å². The summed E-state index contributed by atoms with van der Waals surface area (Å²) in [5, 5.41) is 0. The van der Waals surface area contributed by atoms with Gasteiger partial charge in [0.25, 0.3) is 0 Å². The molecule has 4 nitrogen and oxygen atoms in total. The van der Waals surface area contributed by atoms with Gasteiger partial charge in [-0.15, -0.1) is 0 Å². The molecule has 4 N–H and O–H groups in total. The van der Waals surface area contributed by atoms with Crippen LogP contribution in [0.2, 0.25) is 0 Å². The molecule has 0 amide bonds. The van der Waals surface area contributed by atoms with Gasteiger partial charge in [0.05, 0.1) is 0 Å². The maximum atomic E-state index is 5.39. The normalized spacial score (nSPS) is 9.50. The lowest BCUT2D eigenvalue weighted by Gasteiger charge is -1.90. The summed E-state index contributed by atoms with van der Waals surface area (Å²) in [5.41, 5.74) is 10.8. The van der Waals surface area contributed by atoms with Gasteiger partial charge in [0.2, 0.25) is 6.33 Å². The zero-order chi connectivity index (χ0) is 8.10. The minimum atomic E-state index is 0. The van der Waals surface area contributed by atoms with Crippen LogP contribution in [0.3, 0.4) is 0 Å². The van der Waals surface area contributed by atoms with Crippen LogP contribution in [-0.2, 0) is 13.1 Å². The van der Waals surface area contributed by atoms with Crippen LogP contribution in [0.25, 0.3) is 0 Å². The van der Waals surface area contributed by atoms with Crippen molar-refractivity contribution in [3.8, 4) is 0 Å². The van der Waals surface area contributed by atoms with Crippen molar-refractivity contribution >= 4 is 0 Å². The van der Waals surface area contributed by atoms with Crippen LogP contribution in [0.4, 0.5) is 0 Å². The van der Waals surface area contributed by atoms with E-state index in [-0.39, 0.29) is 17.0 Å². The highest BCUT2D eigenvalue weighted by Gasteiger charge is 1.99. The molecule has 0 saturated heterocycles. The molecule has 0 spiro atoms. The average Bonchev–Trinajstić information content (AvgIpc) is 2.38. The summed E-state index contributed by atoms with van der Waals surface area (Å²) in [6.07, 6.45) is 6.02. The lowest BCUT2D eigenvalue weighted by Crippen LogP contribution is -3.00. The maximum absolute atomic E-state index is 5.39. The Balaban J connectivity index is 0.00000121. The van der Waals surface area contributed by atoms with Gasteiger partial charge in [-0.25, -0.2) is 9.13 Å². The number of imidazole rings is 1. The van der Waals surface area contributed by atoms with Crippen LogP contribution in [-0.4, -0.2) is 17.7 Å². The Hall–Kier alpha value is -0.390. The fraction of sp³-hybridized carbons (Fsp3) is 0.571. The maximum Gasteiger partial charge on any atom is 0.243 e. The summed E-state index contributed by atoms with van der Waals surface area (Å²) in [7, 11) is 0. The highest BCUT2D eigenvalue weighted by molar-refractivity contribution is 4.65. The summed E-state index contributed by atoms with van der Waals surface area (Å²) in [4.78, 5) is 0. The van der Waals surface area contributed by atoms with Crippen molar-refractivity contribution in [2.75, 3.05) is 13.1 Å². The molecule has 0 radical (unpaired) electrons. The van der Waals surface area contributed by atoms with Crippen molar-refractivity contribution in [2.45, 2.75) is 13.1 Å². The lowest BCUT2D eigenvalue weighted by molar-refractivity contribution is -0.694. The van der Waals surface area contributed by atoms with E-state index in [2.05, 4.69) is 9.13 Å². The van der Waals surface area contributed by atoms with E-state index in [0.717, 1.165) is 13.1 Å². The summed E-state index contributed by atoms with van der Waals surface area (Å²) in [6, 6.07) is 0. The van der Waals surface area contributed by atoms with Crippen molar-refractivity contribution in [3.05, 3.63) is 18.7 Å². The number of nitrogens with zero attached hydrogens (tertiary/aromatic N) is 2. The molecule has 0 aliphatic rings. The van der Waals surface area contributed by atoms with Gasteiger partial charge in [-0.1, -0.05) is 0 Å². The molecular weight excluding hydrogens is 220 g/mol. The SMILES string of the molecule is NCCn1cc[n+](CCN)c1.[Br-]. The fourth-order valence-corrected chi connectivity index (χ4v) is 1.00. The molecule has 0 unspecified atom stereocenters.